The van der Waals surface area contributed by atoms with Crippen LogP contribution in [0.15, 0.2) is 53.3 Å². The first-order valence-electron chi connectivity index (χ1n) is 7.13. The fraction of sp³-hybridized carbons (Fsp3) is 0.118. The Kier molecular flexibility index (Phi) is 4.08. The van der Waals surface area contributed by atoms with Crippen molar-refractivity contribution in [3.8, 4) is 5.69 Å². The van der Waals surface area contributed by atoms with Crippen molar-refractivity contribution in [2.75, 3.05) is 6.61 Å². The summed E-state index contributed by atoms with van der Waals surface area (Å²) in [4.78, 5) is 27.6. The Balaban J connectivity index is 2.22. The molecule has 0 saturated heterocycles. The molecule has 1 aromatic heterocycles. The standard InChI is InChI=1S/C17H14N2O3S/c1-2-22-16(21)11-6-5-7-12(10-11)19-15(20)13-8-3-4-9-14(13)18-17(19)23/h3-10H,2H2,1H3,(H,18,23). The number of fused-ring (bicyclic) bond motifs is 1. The van der Waals surface area contributed by atoms with E-state index in [1.54, 1.807) is 49.4 Å². The minimum atomic E-state index is -0.432. The van der Waals surface area contributed by atoms with Crippen LogP contribution in [-0.2, 0) is 4.74 Å². The molecule has 0 saturated carbocycles. The van der Waals surface area contributed by atoms with Crippen molar-refractivity contribution in [3.63, 3.8) is 0 Å². The summed E-state index contributed by atoms with van der Waals surface area (Å²) < 4.78 is 6.64. The molecule has 5 nitrogen and oxygen atoms in total. The Morgan fingerprint density at radius 2 is 2.00 bits per heavy atom. The predicted molar refractivity (Wildman–Crippen MR) is 90.7 cm³/mol. The van der Waals surface area contributed by atoms with Gasteiger partial charge in [-0.05, 0) is 49.5 Å². The van der Waals surface area contributed by atoms with E-state index in [0.29, 0.717) is 28.8 Å². The van der Waals surface area contributed by atoms with E-state index in [4.69, 9.17) is 17.0 Å². The summed E-state index contributed by atoms with van der Waals surface area (Å²) in [6.45, 7) is 2.03. The highest BCUT2D eigenvalue weighted by Crippen LogP contribution is 2.13. The molecule has 1 N–H and O–H groups in total. The quantitative estimate of drug-likeness (QED) is 0.593. The molecule has 0 unspecified atom stereocenters. The molecule has 0 aliphatic rings. The molecule has 0 aliphatic carbocycles. The maximum Gasteiger partial charge on any atom is 0.338 e. The number of nitrogens with zero attached hydrogens (tertiary/aromatic N) is 1. The number of ether oxygens (including phenoxy) is 1. The van der Waals surface area contributed by atoms with Crippen LogP contribution in [0.3, 0.4) is 0 Å². The number of carbonyl (C=O) groups excluding carboxylic acids is 1. The average molecular weight is 326 g/mol. The molecule has 0 atom stereocenters. The van der Waals surface area contributed by atoms with Crippen LogP contribution in [-0.4, -0.2) is 22.1 Å². The number of nitrogens with one attached hydrogen (secondary N) is 1. The smallest absolute Gasteiger partial charge is 0.338 e. The second kappa shape index (κ2) is 6.18. The Hall–Kier alpha value is -2.73. The molecule has 6 heteroatoms. The summed E-state index contributed by atoms with van der Waals surface area (Å²) in [5.74, 6) is -0.432. The predicted octanol–water partition coefficient (Wildman–Crippen LogP) is 3.22. The second-order valence-electron chi connectivity index (χ2n) is 4.89. The summed E-state index contributed by atoms with van der Waals surface area (Å²) in [7, 11) is 0. The van der Waals surface area contributed by atoms with Crippen molar-refractivity contribution < 1.29 is 9.53 Å². The van der Waals surface area contributed by atoms with Gasteiger partial charge in [0.1, 0.15) is 0 Å². The molecular weight excluding hydrogens is 312 g/mol. The summed E-state index contributed by atoms with van der Waals surface area (Å²) in [5, 5.41) is 0.530. The van der Waals surface area contributed by atoms with Crippen LogP contribution in [0, 0.1) is 4.77 Å². The Bertz CT molecular complexity index is 1000. The number of hydrogen-bond donors (Lipinski definition) is 1. The number of rotatable bonds is 3. The van der Waals surface area contributed by atoms with Gasteiger partial charge in [-0.25, -0.2) is 4.79 Å². The van der Waals surface area contributed by atoms with E-state index in [9.17, 15) is 9.59 Å². The zero-order chi connectivity index (χ0) is 16.4. The van der Waals surface area contributed by atoms with Gasteiger partial charge in [0.15, 0.2) is 4.77 Å². The number of H-pyrrole nitrogens is 1. The van der Waals surface area contributed by atoms with Crippen LogP contribution >= 0.6 is 12.2 Å². The molecular formula is C17H14N2O3S. The first-order valence-corrected chi connectivity index (χ1v) is 7.54. The molecule has 0 aliphatic heterocycles. The van der Waals surface area contributed by atoms with Crippen LogP contribution in [0.25, 0.3) is 16.6 Å². The summed E-state index contributed by atoms with van der Waals surface area (Å²) in [6, 6.07) is 13.8. The maximum absolute atomic E-state index is 12.7. The molecule has 116 valence electrons. The topological polar surface area (TPSA) is 64.1 Å². The van der Waals surface area contributed by atoms with Gasteiger partial charge in [-0.15, -0.1) is 0 Å². The number of esters is 1. The van der Waals surface area contributed by atoms with E-state index in [1.807, 2.05) is 6.07 Å². The molecule has 0 bridgehead atoms. The van der Waals surface area contributed by atoms with Gasteiger partial charge in [-0.3, -0.25) is 9.36 Å². The average Bonchev–Trinajstić information content (AvgIpc) is 2.55. The SMILES string of the molecule is CCOC(=O)c1cccc(-n2c(=S)[nH]c3ccccc3c2=O)c1. The summed E-state index contributed by atoms with van der Waals surface area (Å²) in [6.07, 6.45) is 0. The molecule has 3 rings (SSSR count). The van der Waals surface area contributed by atoms with Crippen molar-refractivity contribution in [2.24, 2.45) is 0 Å². The number of aromatic nitrogens is 2. The fourth-order valence-corrected chi connectivity index (χ4v) is 2.68. The first kappa shape index (κ1) is 15.2. The number of aromatic amines is 1. The van der Waals surface area contributed by atoms with Crippen LogP contribution in [0.5, 0.6) is 0 Å². The Labute approximate surface area is 137 Å². The van der Waals surface area contributed by atoms with E-state index in [1.165, 1.54) is 4.57 Å². The number of carbonyl (C=O) groups is 1. The Morgan fingerprint density at radius 3 is 2.78 bits per heavy atom. The van der Waals surface area contributed by atoms with Crippen LogP contribution < -0.4 is 5.56 Å². The molecule has 0 fully saturated rings. The van der Waals surface area contributed by atoms with Gasteiger partial charge in [0.2, 0.25) is 0 Å². The second-order valence-corrected chi connectivity index (χ2v) is 5.27. The number of para-hydroxylation sites is 1. The lowest BCUT2D eigenvalue weighted by atomic mass is 10.2. The third-order valence-corrected chi connectivity index (χ3v) is 3.71. The van der Waals surface area contributed by atoms with Crippen LogP contribution in [0.4, 0.5) is 0 Å². The molecule has 1 heterocycles. The van der Waals surface area contributed by atoms with Gasteiger partial charge < -0.3 is 9.72 Å². The number of benzene rings is 2. The normalized spacial score (nSPS) is 10.7. The van der Waals surface area contributed by atoms with E-state index in [2.05, 4.69) is 4.98 Å². The van der Waals surface area contributed by atoms with E-state index >= 15 is 0 Å². The molecule has 0 spiro atoms. The largest absolute Gasteiger partial charge is 0.462 e. The third kappa shape index (κ3) is 2.80. The summed E-state index contributed by atoms with van der Waals surface area (Å²) >= 11 is 5.30. The lowest BCUT2D eigenvalue weighted by molar-refractivity contribution is 0.0526. The van der Waals surface area contributed by atoms with Crippen molar-refractivity contribution in [2.45, 2.75) is 6.92 Å². The lowest BCUT2D eigenvalue weighted by Gasteiger charge is -2.09. The molecule has 2 aromatic carbocycles. The van der Waals surface area contributed by atoms with Gasteiger partial charge in [0.05, 0.1) is 28.8 Å². The highest BCUT2D eigenvalue weighted by Gasteiger charge is 2.11. The molecule has 0 amide bonds. The van der Waals surface area contributed by atoms with Crippen molar-refractivity contribution in [1.82, 2.24) is 9.55 Å². The van der Waals surface area contributed by atoms with Gasteiger partial charge in [-0.2, -0.15) is 0 Å². The van der Waals surface area contributed by atoms with Crippen molar-refractivity contribution in [3.05, 3.63) is 69.2 Å². The van der Waals surface area contributed by atoms with Gasteiger partial charge in [0.25, 0.3) is 5.56 Å². The van der Waals surface area contributed by atoms with Crippen molar-refractivity contribution >= 4 is 29.1 Å². The van der Waals surface area contributed by atoms with Crippen LogP contribution in [0.2, 0.25) is 0 Å². The van der Waals surface area contributed by atoms with Gasteiger partial charge in [0, 0.05) is 0 Å². The first-order chi connectivity index (χ1) is 11.1. The fourth-order valence-electron chi connectivity index (χ4n) is 2.38. The van der Waals surface area contributed by atoms with E-state index < -0.39 is 5.97 Å². The number of hydrogen-bond acceptors (Lipinski definition) is 4. The highest BCUT2D eigenvalue weighted by molar-refractivity contribution is 7.71. The van der Waals surface area contributed by atoms with E-state index in [0.717, 1.165) is 0 Å². The summed E-state index contributed by atoms with van der Waals surface area (Å²) in [5.41, 5.74) is 1.34. The van der Waals surface area contributed by atoms with Gasteiger partial charge in [-0.1, -0.05) is 18.2 Å². The Morgan fingerprint density at radius 1 is 1.22 bits per heavy atom. The third-order valence-electron chi connectivity index (χ3n) is 3.42. The highest BCUT2D eigenvalue weighted by atomic mass is 32.1. The zero-order valence-corrected chi connectivity index (χ0v) is 13.2. The maximum atomic E-state index is 12.7. The van der Waals surface area contributed by atoms with Crippen molar-refractivity contribution in [1.29, 1.82) is 0 Å². The minimum absolute atomic E-state index is 0.231. The van der Waals surface area contributed by atoms with E-state index in [-0.39, 0.29) is 10.3 Å². The minimum Gasteiger partial charge on any atom is -0.462 e. The lowest BCUT2D eigenvalue weighted by Crippen LogP contribution is -2.20. The van der Waals surface area contributed by atoms with Crippen LogP contribution in [0.1, 0.15) is 17.3 Å². The van der Waals surface area contributed by atoms with Gasteiger partial charge >= 0.3 is 5.97 Å². The zero-order valence-electron chi connectivity index (χ0n) is 12.4. The molecule has 3 aromatic rings. The molecule has 0 radical (unpaired) electrons. The molecule has 23 heavy (non-hydrogen) atoms. The monoisotopic (exact) mass is 326 g/mol.